The lowest BCUT2D eigenvalue weighted by Crippen LogP contribution is -2.30. The maximum absolute atomic E-state index is 15.4. The van der Waals surface area contributed by atoms with Crippen LogP contribution in [0.5, 0.6) is 5.75 Å². The summed E-state index contributed by atoms with van der Waals surface area (Å²) in [4.78, 5) is 19.4. The maximum Gasteiger partial charge on any atom is 0.254 e. The molecule has 0 unspecified atom stereocenters. The summed E-state index contributed by atoms with van der Waals surface area (Å²) in [5, 5.41) is 7.97. The summed E-state index contributed by atoms with van der Waals surface area (Å²) < 4.78 is 35.1. The van der Waals surface area contributed by atoms with Gasteiger partial charge in [-0.2, -0.15) is 5.10 Å². The van der Waals surface area contributed by atoms with E-state index < -0.39 is 11.6 Å². The number of amides is 1. The van der Waals surface area contributed by atoms with Crippen LogP contribution in [0.25, 0.3) is 22.0 Å². The highest BCUT2D eigenvalue weighted by molar-refractivity contribution is 5.96. The molecule has 1 N–H and O–H groups in total. The van der Waals surface area contributed by atoms with Gasteiger partial charge in [-0.25, -0.2) is 8.78 Å². The Morgan fingerprint density at radius 3 is 2.74 bits per heavy atom. The number of aryl methyl sites for hydroxylation is 1. The number of pyridine rings is 1. The maximum atomic E-state index is 15.4. The van der Waals surface area contributed by atoms with Crippen LogP contribution in [0.2, 0.25) is 0 Å². The number of fused-ring (bicyclic) bond motifs is 1. The van der Waals surface area contributed by atoms with Gasteiger partial charge in [-0.3, -0.25) is 14.9 Å². The Bertz CT molecular complexity index is 1400. The third-order valence-corrected chi connectivity index (χ3v) is 6.30. The molecule has 1 atom stereocenters. The number of nitrogens with one attached hydrogen (secondary N) is 1. The van der Waals surface area contributed by atoms with E-state index in [1.165, 1.54) is 29.2 Å². The van der Waals surface area contributed by atoms with Crippen molar-refractivity contribution in [2.45, 2.75) is 38.8 Å². The average molecular weight is 463 g/mol. The molecule has 2 heterocycles. The number of hydrogen-bond acceptors (Lipinski definition) is 4. The molecular formula is C26H24F2N4O2. The van der Waals surface area contributed by atoms with Crippen molar-refractivity contribution >= 4 is 16.8 Å². The van der Waals surface area contributed by atoms with Crippen molar-refractivity contribution in [1.82, 2.24) is 20.1 Å². The van der Waals surface area contributed by atoms with Crippen LogP contribution in [-0.4, -0.2) is 39.1 Å². The molecule has 1 amide bonds. The highest BCUT2D eigenvalue weighted by Gasteiger charge is 2.29. The first-order valence-corrected chi connectivity index (χ1v) is 11.2. The second-order valence-corrected chi connectivity index (χ2v) is 8.71. The van der Waals surface area contributed by atoms with Crippen molar-refractivity contribution in [3.8, 4) is 16.9 Å². The van der Waals surface area contributed by atoms with Crippen LogP contribution in [0, 0.1) is 18.6 Å². The molecule has 2 aromatic heterocycles. The summed E-state index contributed by atoms with van der Waals surface area (Å²) in [6.45, 7) is 3.77. The number of hydrogen-bond donors (Lipinski definition) is 1. The van der Waals surface area contributed by atoms with Crippen LogP contribution in [-0.2, 0) is 0 Å². The summed E-state index contributed by atoms with van der Waals surface area (Å²) in [7, 11) is 1.66. The van der Waals surface area contributed by atoms with Gasteiger partial charge in [-0.1, -0.05) is 12.1 Å². The van der Waals surface area contributed by atoms with Gasteiger partial charge in [0, 0.05) is 35.5 Å². The molecule has 4 aromatic rings. The average Bonchev–Trinajstić information content (AvgIpc) is 3.48. The minimum absolute atomic E-state index is 0.0268. The molecule has 0 spiro atoms. The van der Waals surface area contributed by atoms with Crippen molar-refractivity contribution in [3.63, 3.8) is 0 Å². The lowest BCUT2D eigenvalue weighted by Gasteiger charge is -2.26. The van der Waals surface area contributed by atoms with Crippen molar-refractivity contribution in [2.24, 2.45) is 0 Å². The quantitative estimate of drug-likeness (QED) is 0.406. The number of ether oxygens (including phenoxy) is 1. The van der Waals surface area contributed by atoms with Gasteiger partial charge in [0.1, 0.15) is 17.4 Å². The van der Waals surface area contributed by atoms with Crippen LogP contribution >= 0.6 is 0 Å². The van der Waals surface area contributed by atoms with Crippen LogP contribution in [0.4, 0.5) is 8.78 Å². The second-order valence-electron chi connectivity index (χ2n) is 8.71. The monoisotopic (exact) mass is 462 g/mol. The standard InChI is InChI=1S/C26H24F2N4O2/c1-14-20-13-30-31-25(20)21(12-29-14)15(2)32(3)26(33)17-10-22(28)24(16-5-4-6-18(27)9-16)23(11-17)34-19-7-8-19/h4-6,9-13,15,19H,7-8H2,1-3H3,(H,30,31)/t15-/m0/s1. The fourth-order valence-corrected chi connectivity index (χ4v) is 4.07. The molecule has 1 aliphatic rings. The smallest absolute Gasteiger partial charge is 0.254 e. The molecule has 34 heavy (non-hydrogen) atoms. The Labute approximate surface area is 195 Å². The number of rotatable bonds is 6. The lowest BCUT2D eigenvalue weighted by atomic mass is 10.00. The van der Waals surface area contributed by atoms with Gasteiger partial charge in [-0.15, -0.1) is 0 Å². The van der Waals surface area contributed by atoms with Crippen LogP contribution in [0.1, 0.15) is 47.4 Å². The molecule has 1 fully saturated rings. The highest BCUT2D eigenvalue weighted by atomic mass is 19.1. The molecule has 1 aliphatic carbocycles. The predicted molar refractivity (Wildman–Crippen MR) is 125 cm³/mol. The first kappa shape index (κ1) is 22.0. The minimum atomic E-state index is -0.638. The van der Waals surface area contributed by atoms with E-state index in [0.29, 0.717) is 5.56 Å². The van der Waals surface area contributed by atoms with E-state index in [9.17, 15) is 9.18 Å². The Hall–Kier alpha value is -3.81. The summed E-state index contributed by atoms with van der Waals surface area (Å²) in [6, 6.07) is 8.07. The SMILES string of the molecule is Cc1ncc([C@H](C)N(C)C(=O)c2cc(F)c(-c3cccc(F)c3)c(OC3CC3)c2)c2[nH]ncc12. The van der Waals surface area contributed by atoms with Gasteiger partial charge in [-0.05, 0) is 56.5 Å². The zero-order valence-corrected chi connectivity index (χ0v) is 19.1. The van der Waals surface area contributed by atoms with Crippen molar-refractivity contribution in [3.05, 3.63) is 77.2 Å². The Morgan fingerprint density at radius 2 is 2.00 bits per heavy atom. The third-order valence-electron chi connectivity index (χ3n) is 6.30. The Balaban J connectivity index is 1.51. The molecule has 0 bridgehead atoms. The van der Waals surface area contributed by atoms with E-state index in [0.717, 1.165) is 35.0 Å². The Kier molecular flexibility index (Phi) is 5.51. The summed E-state index contributed by atoms with van der Waals surface area (Å²) in [6.07, 6.45) is 5.12. The third kappa shape index (κ3) is 4.00. The van der Waals surface area contributed by atoms with Crippen LogP contribution in [0.3, 0.4) is 0 Å². The van der Waals surface area contributed by atoms with Gasteiger partial charge in [0.15, 0.2) is 0 Å². The molecule has 174 valence electrons. The number of aromatic amines is 1. The van der Waals surface area contributed by atoms with E-state index in [1.807, 2.05) is 13.8 Å². The fraction of sp³-hybridized carbons (Fsp3) is 0.269. The number of aromatic nitrogens is 3. The first-order chi connectivity index (χ1) is 16.3. The fourth-order valence-electron chi connectivity index (χ4n) is 4.07. The zero-order chi connectivity index (χ0) is 24.0. The molecule has 0 saturated heterocycles. The van der Waals surface area contributed by atoms with Crippen molar-refractivity contribution in [2.75, 3.05) is 7.05 Å². The molecule has 1 saturated carbocycles. The van der Waals surface area contributed by atoms with Crippen LogP contribution < -0.4 is 4.74 Å². The molecule has 6 nitrogen and oxygen atoms in total. The molecule has 0 aliphatic heterocycles. The number of nitrogens with zero attached hydrogens (tertiary/aromatic N) is 3. The predicted octanol–water partition coefficient (Wildman–Crippen LogP) is 5.59. The zero-order valence-electron chi connectivity index (χ0n) is 19.1. The Morgan fingerprint density at radius 1 is 1.21 bits per heavy atom. The first-order valence-electron chi connectivity index (χ1n) is 11.2. The van der Waals surface area contributed by atoms with Crippen molar-refractivity contribution < 1.29 is 18.3 Å². The van der Waals surface area contributed by atoms with E-state index >= 15 is 4.39 Å². The normalized spacial score (nSPS) is 14.3. The molecular weight excluding hydrogens is 438 g/mol. The van der Waals surface area contributed by atoms with E-state index in [-0.39, 0.29) is 34.9 Å². The minimum Gasteiger partial charge on any atom is -0.490 e. The highest BCUT2D eigenvalue weighted by Crippen LogP contribution is 2.38. The number of H-pyrrole nitrogens is 1. The van der Waals surface area contributed by atoms with Gasteiger partial charge >= 0.3 is 0 Å². The van der Waals surface area contributed by atoms with E-state index in [2.05, 4.69) is 15.2 Å². The van der Waals surface area contributed by atoms with Gasteiger partial charge in [0.05, 0.1) is 29.4 Å². The van der Waals surface area contributed by atoms with Gasteiger partial charge in [0.2, 0.25) is 0 Å². The van der Waals surface area contributed by atoms with E-state index in [4.69, 9.17) is 4.74 Å². The summed E-state index contributed by atoms with van der Waals surface area (Å²) in [5.41, 5.74) is 3.13. The van der Waals surface area contributed by atoms with E-state index in [1.54, 1.807) is 31.6 Å². The molecule has 2 aromatic carbocycles. The molecule has 5 rings (SSSR count). The lowest BCUT2D eigenvalue weighted by molar-refractivity contribution is 0.0742. The van der Waals surface area contributed by atoms with Gasteiger partial charge in [0.25, 0.3) is 5.91 Å². The second kappa shape index (κ2) is 8.52. The number of halogens is 2. The molecule has 8 heteroatoms. The topological polar surface area (TPSA) is 71.1 Å². The number of carbonyl (C=O) groups is 1. The summed E-state index contributed by atoms with van der Waals surface area (Å²) in [5.74, 6) is -1.24. The molecule has 0 radical (unpaired) electrons. The largest absolute Gasteiger partial charge is 0.490 e. The summed E-state index contributed by atoms with van der Waals surface area (Å²) >= 11 is 0. The van der Waals surface area contributed by atoms with Crippen molar-refractivity contribution in [1.29, 1.82) is 0 Å². The number of carbonyl (C=O) groups excluding carboxylic acids is 1. The number of benzene rings is 2. The van der Waals surface area contributed by atoms with Gasteiger partial charge < -0.3 is 9.64 Å². The van der Waals surface area contributed by atoms with Crippen LogP contribution in [0.15, 0.2) is 48.8 Å².